The maximum absolute atomic E-state index is 14.2. The normalized spacial score (nSPS) is 31.8. The lowest BCUT2D eigenvalue weighted by atomic mass is 9.70. The van der Waals surface area contributed by atoms with E-state index in [1.54, 1.807) is 23.7 Å². The van der Waals surface area contributed by atoms with Crippen LogP contribution in [0.5, 0.6) is 0 Å². The molecule has 1 aromatic rings. The fourth-order valence-corrected chi connectivity index (χ4v) is 10.7. The second-order valence-electron chi connectivity index (χ2n) is 12.7. The Hall–Kier alpha value is -1.58. The van der Waals surface area contributed by atoms with Crippen molar-refractivity contribution < 1.29 is 19.5 Å². The molecule has 3 saturated heterocycles. The summed E-state index contributed by atoms with van der Waals surface area (Å²) in [6, 6.07) is 8.35. The van der Waals surface area contributed by atoms with Crippen LogP contribution in [0.2, 0.25) is 0 Å². The van der Waals surface area contributed by atoms with E-state index in [-0.39, 0.29) is 39.8 Å². The molecule has 3 N–H and O–H groups in total. The lowest BCUT2D eigenvalue weighted by Crippen LogP contribution is -2.60. The van der Waals surface area contributed by atoms with E-state index < -0.39 is 34.2 Å². The maximum atomic E-state index is 14.2. The van der Waals surface area contributed by atoms with Crippen LogP contribution in [0.3, 0.4) is 0 Å². The van der Waals surface area contributed by atoms with E-state index in [4.69, 9.17) is 0 Å². The lowest BCUT2D eigenvalue weighted by molar-refractivity contribution is -0.143. The molecule has 204 valence electrons. The number of benzene rings is 1. The minimum atomic E-state index is -0.783. The van der Waals surface area contributed by atoms with Gasteiger partial charge in [-0.2, -0.15) is 0 Å². The average molecular weight is 595 g/mol. The van der Waals surface area contributed by atoms with Gasteiger partial charge in [0.15, 0.2) is 0 Å². The van der Waals surface area contributed by atoms with Crippen molar-refractivity contribution in [2.45, 2.75) is 86.3 Å². The van der Waals surface area contributed by atoms with Gasteiger partial charge in [-0.15, -0.1) is 11.8 Å². The molecule has 0 aliphatic carbocycles. The van der Waals surface area contributed by atoms with Gasteiger partial charge in [-0.25, -0.2) is 0 Å². The first-order valence-electron chi connectivity index (χ1n) is 13.1. The van der Waals surface area contributed by atoms with Crippen LogP contribution in [0.15, 0.2) is 30.3 Å². The van der Waals surface area contributed by atoms with E-state index in [9.17, 15) is 19.5 Å². The number of likely N-dealkylation sites (tertiary alicyclic amines) is 1. The molecule has 4 rings (SSSR count). The summed E-state index contributed by atoms with van der Waals surface area (Å²) in [7, 11) is 1.59. The zero-order valence-corrected chi connectivity index (χ0v) is 25.0. The van der Waals surface area contributed by atoms with Crippen LogP contribution in [0, 0.1) is 17.3 Å². The maximum Gasteiger partial charge on any atom is 0.244 e. The molecule has 3 heterocycles. The number of carbonyl (C=O) groups excluding carboxylic acids is 3. The predicted octanol–water partition coefficient (Wildman–Crippen LogP) is 3.13. The van der Waals surface area contributed by atoms with E-state index in [2.05, 4.69) is 47.3 Å². The van der Waals surface area contributed by atoms with Crippen LogP contribution in [0.4, 0.5) is 0 Å². The van der Waals surface area contributed by atoms with Crippen molar-refractivity contribution in [1.82, 2.24) is 15.5 Å². The number of carbonyl (C=O) groups is 3. The molecule has 7 atom stereocenters. The van der Waals surface area contributed by atoms with Crippen molar-refractivity contribution in [3.8, 4) is 0 Å². The molecule has 0 aromatic heterocycles. The standard InChI is InChI=1S/C28H40BrN3O4S/c1-26(2,3)15-27(4,5)31-24(35)22-28-13-18(29)21(37-28)19(23(34)30-6)20(28)25(36)32(22)17(14-33)12-16-10-8-7-9-11-16/h7-11,17-22,33H,12-15H2,1-6H3,(H,30,34)(H,31,35)/t17-,18?,19-,20+,21-,22?,28?/m1/s1. The van der Waals surface area contributed by atoms with Crippen LogP contribution in [-0.2, 0) is 20.8 Å². The third-order valence-electron chi connectivity index (χ3n) is 7.88. The van der Waals surface area contributed by atoms with Crippen molar-refractivity contribution in [2.24, 2.45) is 17.3 Å². The van der Waals surface area contributed by atoms with Gasteiger partial charge in [0.25, 0.3) is 0 Å². The molecule has 3 amide bonds. The number of hydrogen-bond acceptors (Lipinski definition) is 5. The molecule has 3 fully saturated rings. The van der Waals surface area contributed by atoms with Gasteiger partial charge in [0.1, 0.15) is 6.04 Å². The second-order valence-corrected chi connectivity index (χ2v) is 15.4. The summed E-state index contributed by atoms with van der Waals surface area (Å²) in [6.07, 6.45) is 1.80. The van der Waals surface area contributed by atoms with Gasteiger partial charge in [-0.3, -0.25) is 14.4 Å². The molecular weight excluding hydrogens is 554 g/mol. The number of fused-ring (bicyclic) bond motifs is 1. The zero-order valence-electron chi connectivity index (χ0n) is 22.6. The largest absolute Gasteiger partial charge is 0.394 e. The molecule has 1 spiro atoms. The first-order chi connectivity index (χ1) is 17.2. The van der Waals surface area contributed by atoms with Crippen LogP contribution in [0.25, 0.3) is 0 Å². The number of amides is 3. The minimum Gasteiger partial charge on any atom is -0.394 e. The average Bonchev–Trinajstić information content (AvgIpc) is 3.39. The molecular formula is C28H40BrN3O4S. The van der Waals surface area contributed by atoms with E-state index in [1.165, 1.54) is 0 Å². The molecule has 37 heavy (non-hydrogen) atoms. The number of aliphatic hydroxyl groups is 1. The molecule has 0 saturated carbocycles. The van der Waals surface area contributed by atoms with Crippen molar-refractivity contribution >= 4 is 45.4 Å². The van der Waals surface area contributed by atoms with Gasteiger partial charge in [-0.05, 0) is 44.1 Å². The van der Waals surface area contributed by atoms with Gasteiger partial charge >= 0.3 is 0 Å². The van der Waals surface area contributed by atoms with Gasteiger partial charge in [-0.1, -0.05) is 67.0 Å². The summed E-state index contributed by atoms with van der Waals surface area (Å²) in [5.74, 6) is -1.71. The summed E-state index contributed by atoms with van der Waals surface area (Å²) in [4.78, 5) is 43.2. The molecule has 3 unspecified atom stereocenters. The SMILES string of the molecule is CNC(=O)[C@H]1[C@@H]2SC3(CC2Br)C(C(=O)NC(C)(C)CC(C)(C)C)N([C@@H](CO)Cc2ccccc2)C(=O)[C@H]13. The molecule has 7 nitrogen and oxygen atoms in total. The van der Waals surface area contributed by atoms with Gasteiger partial charge in [0.2, 0.25) is 17.7 Å². The van der Waals surface area contributed by atoms with Crippen LogP contribution >= 0.6 is 27.7 Å². The summed E-state index contributed by atoms with van der Waals surface area (Å²) >= 11 is 5.39. The molecule has 3 aliphatic rings. The van der Waals surface area contributed by atoms with Crippen LogP contribution in [0.1, 0.15) is 53.0 Å². The van der Waals surface area contributed by atoms with Crippen molar-refractivity contribution in [3.05, 3.63) is 35.9 Å². The molecule has 9 heteroatoms. The number of nitrogens with one attached hydrogen (secondary N) is 2. The Morgan fingerprint density at radius 2 is 1.84 bits per heavy atom. The highest BCUT2D eigenvalue weighted by Gasteiger charge is 2.76. The third kappa shape index (κ3) is 5.20. The zero-order chi connectivity index (χ0) is 27.3. The highest BCUT2D eigenvalue weighted by atomic mass is 79.9. The number of alkyl halides is 1. The molecule has 3 aliphatic heterocycles. The summed E-state index contributed by atoms with van der Waals surface area (Å²) in [6.45, 7) is 10.2. The van der Waals surface area contributed by atoms with E-state index >= 15 is 0 Å². The summed E-state index contributed by atoms with van der Waals surface area (Å²) in [5.41, 5.74) is 0.479. The van der Waals surface area contributed by atoms with Crippen LogP contribution < -0.4 is 10.6 Å². The highest BCUT2D eigenvalue weighted by Crippen LogP contribution is 2.68. The lowest BCUT2D eigenvalue weighted by Gasteiger charge is -2.40. The van der Waals surface area contributed by atoms with Crippen LogP contribution in [-0.4, -0.2) is 73.8 Å². The van der Waals surface area contributed by atoms with E-state index in [0.29, 0.717) is 12.8 Å². The number of hydrogen-bond donors (Lipinski definition) is 3. The summed E-state index contributed by atoms with van der Waals surface area (Å²) in [5, 5.41) is 16.5. The Morgan fingerprint density at radius 3 is 2.41 bits per heavy atom. The first kappa shape index (κ1) is 28.4. The Bertz CT molecular complexity index is 1050. The van der Waals surface area contributed by atoms with E-state index in [1.807, 2.05) is 44.2 Å². The van der Waals surface area contributed by atoms with Gasteiger partial charge in [0.05, 0.1) is 29.2 Å². The monoisotopic (exact) mass is 593 g/mol. The number of nitrogens with zero attached hydrogens (tertiary/aromatic N) is 1. The van der Waals surface area contributed by atoms with Gasteiger partial charge < -0.3 is 20.6 Å². The molecule has 1 aromatic carbocycles. The number of halogens is 1. The quantitative estimate of drug-likeness (QED) is 0.402. The number of thioether (sulfide) groups is 1. The fraction of sp³-hybridized carbons (Fsp3) is 0.679. The van der Waals surface area contributed by atoms with Gasteiger partial charge in [0, 0.05) is 22.7 Å². The summed E-state index contributed by atoms with van der Waals surface area (Å²) < 4.78 is -0.737. The highest BCUT2D eigenvalue weighted by molar-refractivity contribution is 9.09. The van der Waals surface area contributed by atoms with Crippen molar-refractivity contribution in [2.75, 3.05) is 13.7 Å². The second kappa shape index (κ2) is 10.2. The molecule has 2 bridgehead atoms. The smallest absolute Gasteiger partial charge is 0.244 e. The van der Waals surface area contributed by atoms with Crippen molar-refractivity contribution in [3.63, 3.8) is 0 Å². The predicted molar refractivity (Wildman–Crippen MR) is 150 cm³/mol. The number of aliphatic hydroxyl groups excluding tert-OH is 1. The Labute approximate surface area is 233 Å². The Morgan fingerprint density at radius 1 is 1.19 bits per heavy atom. The third-order valence-corrected chi connectivity index (χ3v) is 11.1. The van der Waals surface area contributed by atoms with Crippen molar-refractivity contribution in [1.29, 1.82) is 0 Å². The Balaban J connectivity index is 1.76. The minimum absolute atomic E-state index is 0.00441. The Kier molecular flexibility index (Phi) is 7.83. The van der Waals surface area contributed by atoms with E-state index in [0.717, 1.165) is 12.0 Å². The fourth-order valence-electron chi connectivity index (χ4n) is 7.14. The number of rotatable bonds is 8. The molecule has 0 radical (unpaired) electrons. The topological polar surface area (TPSA) is 98.7 Å². The first-order valence-corrected chi connectivity index (χ1v) is 14.9.